The zero-order valence-corrected chi connectivity index (χ0v) is 28.2. The maximum atomic E-state index is 11.5. The maximum absolute atomic E-state index is 11.5. The van der Waals surface area contributed by atoms with Crippen LogP contribution in [0.5, 0.6) is 11.8 Å². The van der Waals surface area contributed by atoms with Crippen molar-refractivity contribution in [3.8, 4) is 45.4 Å². The highest BCUT2D eigenvalue weighted by Gasteiger charge is 2.32. The Morgan fingerprint density at radius 1 is 0.936 bits per heavy atom. The van der Waals surface area contributed by atoms with Crippen LogP contribution in [0.3, 0.4) is 0 Å². The number of methoxy groups -OCH3 is 2. The van der Waals surface area contributed by atoms with Crippen LogP contribution in [0.4, 0.5) is 0 Å². The van der Waals surface area contributed by atoms with Crippen molar-refractivity contribution in [1.29, 1.82) is 0 Å². The fraction of sp³-hybridized carbons (Fsp3) is 0.400. The zero-order valence-electron chi connectivity index (χ0n) is 26.7. The number of hydrogen-bond donors (Lipinski definition) is 2. The number of amides is 1. The first kappa shape index (κ1) is 33.1. The molecular formula is C35H38Cl2N6O4. The monoisotopic (exact) mass is 676 g/mol. The molecule has 6 rings (SSSR count). The summed E-state index contributed by atoms with van der Waals surface area (Å²) in [6.45, 7) is 3.72. The number of rotatable bonds is 11. The normalized spacial score (nSPS) is 19.6. The van der Waals surface area contributed by atoms with Gasteiger partial charge in [0.1, 0.15) is 11.4 Å². The molecule has 1 amide bonds. The molecule has 47 heavy (non-hydrogen) atoms. The topological polar surface area (TPSA) is 123 Å². The Labute approximate surface area is 284 Å². The lowest BCUT2D eigenvalue weighted by molar-refractivity contribution is -0.119. The van der Waals surface area contributed by atoms with Crippen LogP contribution in [0.25, 0.3) is 33.6 Å². The Bertz CT molecular complexity index is 1790. The van der Waals surface area contributed by atoms with E-state index < -0.39 is 5.60 Å². The average Bonchev–Trinajstić information content (AvgIpc) is 3.64. The molecule has 246 valence electrons. The van der Waals surface area contributed by atoms with Gasteiger partial charge in [0.2, 0.25) is 17.7 Å². The second-order valence-corrected chi connectivity index (χ2v) is 13.2. The first-order chi connectivity index (χ1) is 22.7. The molecule has 0 bridgehead atoms. The van der Waals surface area contributed by atoms with Gasteiger partial charge in [-0.3, -0.25) is 19.7 Å². The van der Waals surface area contributed by atoms with Crippen molar-refractivity contribution in [3.63, 3.8) is 0 Å². The van der Waals surface area contributed by atoms with Gasteiger partial charge in [-0.15, -0.1) is 0 Å². The number of carbonyl (C=O) groups excluding carboxylic acids is 1. The lowest BCUT2D eigenvalue weighted by atomic mass is 9.98. The number of aryl methyl sites for hydroxylation is 1. The van der Waals surface area contributed by atoms with Crippen molar-refractivity contribution in [1.82, 2.24) is 30.2 Å². The van der Waals surface area contributed by atoms with Gasteiger partial charge in [-0.25, -0.2) is 9.97 Å². The van der Waals surface area contributed by atoms with Crippen molar-refractivity contribution in [3.05, 3.63) is 70.2 Å². The highest BCUT2D eigenvalue weighted by Crippen LogP contribution is 2.42. The standard InChI is InChI=1S/C35H38Cl2N6O4/c1-35(45)15-16-43(20-35)19-29-34(47-3)42-28(18-39-29)25-11-6-9-23(32(25)37)22-8-5-10-24(31(22)36)27-17-38-26(33(41-27)46-2)12-4-7-21-13-14-30(44)40-21/h5-6,8-11,17-18,21,45H,4,7,12-16,19-20H2,1-3H3,(H,40,44)/t21-,35?/m1/s1. The number of aliphatic hydroxyl groups is 1. The number of halogens is 2. The molecule has 4 aromatic rings. The van der Waals surface area contributed by atoms with E-state index in [1.807, 2.05) is 43.3 Å². The molecule has 2 saturated heterocycles. The Morgan fingerprint density at radius 2 is 1.51 bits per heavy atom. The zero-order chi connectivity index (χ0) is 33.1. The van der Waals surface area contributed by atoms with Gasteiger partial charge in [-0.05, 0) is 39.0 Å². The number of ether oxygens (including phenoxy) is 2. The summed E-state index contributed by atoms with van der Waals surface area (Å²) >= 11 is 14.1. The van der Waals surface area contributed by atoms with Crippen molar-refractivity contribution < 1.29 is 19.4 Å². The summed E-state index contributed by atoms with van der Waals surface area (Å²) in [7, 11) is 3.15. The second kappa shape index (κ2) is 14.1. The van der Waals surface area contributed by atoms with Crippen molar-refractivity contribution in [2.75, 3.05) is 27.3 Å². The number of hydrogen-bond acceptors (Lipinski definition) is 9. The molecule has 2 aliphatic heterocycles. The Kier molecular flexibility index (Phi) is 9.93. The second-order valence-electron chi connectivity index (χ2n) is 12.4. The van der Waals surface area contributed by atoms with E-state index in [0.717, 1.165) is 42.6 Å². The van der Waals surface area contributed by atoms with Gasteiger partial charge in [-0.1, -0.05) is 59.6 Å². The van der Waals surface area contributed by atoms with E-state index in [1.165, 1.54) is 0 Å². The number of carbonyl (C=O) groups is 1. The minimum absolute atomic E-state index is 0.122. The summed E-state index contributed by atoms with van der Waals surface area (Å²) in [5.74, 6) is 0.986. The lowest BCUT2D eigenvalue weighted by Gasteiger charge is -2.19. The molecule has 10 nitrogen and oxygen atoms in total. The molecule has 2 aliphatic rings. The fourth-order valence-electron chi connectivity index (χ4n) is 6.33. The van der Waals surface area contributed by atoms with E-state index in [1.54, 1.807) is 26.6 Å². The van der Waals surface area contributed by atoms with E-state index >= 15 is 0 Å². The molecule has 4 heterocycles. The third kappa shape index (κ3) is 7.36. The van der Waals surface area contributed by atoms with Crippen LogP contribution >= 0.6 is 23.2 Å². The summed E-state index contributed by atoms with van der Waals surface area (Å²) in [5, 5.41) is 14.3. The van der Waals surface area contributed by atoms with Gasteiger partial charge < -0.3 is 19.9 Å². The summed E-state index contributed by atoms with van der Waals surface area (Å²) in [4.78, 5) is 32.5. The van der Waals surface area contributed by atoms with Crippen molar-refractivity contribution in [2.45, 2.75) is 63.6 Å². The predicted octanol–water partition coefficient (Wildman–Crippen LogP) is 6.15. The number of aromatic nitrogens is 4. The van der Waals surface area contributed by atoms with Crippen LogP contribution in [-0.2, 0) is 17.8 Å². The van der Waals surface area contributed by atoms with E-state index in [0.29, 0.717) is 82.4 Å². The number of nitrogens with zero attached hydrogens (tertiary/aromatic N) is 5. The van der Waals surface area contributed by atoms with Gasteiger partial charge in [0.15, 0.2) is 0 Å². The third-order valence-electron chi connectivity index (χ3n) is 8.80. The molecule has 2 fully saturated rings. The van der Waals surface area contributed by atoms with Crippen molar-refractivity contribution >= 4 is 29.1 Å². The Hall–Kier alpha value is -3.83. The van der Waals surface area contributed by atoms with E-state index in [4.69, 9.17) is 42.6 Å². The van der Waals surface area contributed by atoms with E-state index in [9.17, 15) is 9.90 Å². The van der Waals surface area contributed by atoms with Crippen LogP contribution in [-0.4, -0.2) is 74.8 Å². The Balaban J connectivity index is 1.24. The Morgan fingerprint density at radius 3 is 2.04 bits per heavy atom. The number of nitrogens with one attached hydrogen (secondary N) is 1. The fourth-order valence-corrected chi connectivity index (χ4v) is 6.98. The third-order valence-corrected chi connectivity index (χ3v) is 9.62. The number of likely N-dealkylation sites (tertiary alicyclic amines) is 1. The van der Waals surface area contributed by atoms with Crippen LogP contribution in [0.15, 0.2) is 48.8 Å². The molecule has 2 aromatic carbocycles. The van der Waals surface area contributed by atoms with Gasteiger partial charge >= 0.3 is 0 Å². The molecule has 0 saturated carbocycles. The smallest absolute Gasteiger partial charge is 0.237 e. The molecule has 0 aliphatic carbocycles. The van der Waals surface area contributed by atoms with Gasteiger partial charge in [0.05, 0.1) is 53.6 Å². The maximum Gasteiger partial charge on any atom is 0.237 e. The first-order valence-electron chi connectivity index (χ1n) is 15.8. The number of β-amino-alcohol motifs (C(OH)–C–C–N with tert-alkyl or cyclic N) is 1. The van der Waals surface area contributed by atoms with E-state index in [-0.39, 0.29) is 11.9 Å². The molecule has 0 radical (unpaired) electrons. The predicted molar refractivity (Wildman–Crippen MR) is 182 cm³/mol. The molecule has 2 atom stereocenters. The molecule has 2 N–H and O–H groups in total. The lowest BCUT2D eigenvalue weighted by Crippen LogP contribution is -2.29. The molecular weight excluding hydrogens is 639 g/mol. The van der Waals surface area contributed by atoms with Crippen molar-refractivity contribution in [2.24, 2.45) is 0 Å². The molecule has 2 aromatic heterocycles. The highest BCUT2D eigenvalue weighted by atomic mass is 35.5. The quantitative estimate of drug-likeness (QED) is 0.193. The largest absolute Gasteiger partial charge is 0.480 e. The number of benzene rings is 2. The molecule has 1 unspecified atom stereocenters. The van der Waals surface area contributed by atoms with E-state index in [2.05, 4.69) is 20.2 Å². The first-order valence-corrected chi connectivity index (χ1v) is 16.5. The summed E-state index contributed by atoms with van der Waals surface area (Å²) < 4.78 is 11.2. The summed E-state index contributed by atoms with van der Waals surface area (Å²) in [6.07, 6.45) is 8.03. The van der Waals surface area contributed by atoms with Crippen LogP contribution in [0.1, 0.15) is 50.4 Å². The summed E-state index contributed by atoms with van der Waals surface area (Å²) in [5.41, 5.74) is 4.76. The highest BCUT2D eigenvalue weighted by molar-refractivity contribution is 6.39. The van der Waals surface area contributed by atoms with Gasteiger partial charge in [-0.2, -0.15) is 0 Å². The molecule has 12 heteroatoms. The summed E-state index contributed by atoms with van der Waals surface area (Å²) in [6, 6.07) is 11.6. The molecule has 0 spiro atoms. The van der Waals surface area contributed by atoms with Crippen LogP contribution in [0.2, 0.25) is 10.0 Å². The van der Waals surface area contributed by atoms with Gasteiger partial charge in [0.25, 0.3) is 0 Å². The minimum Gasteiger partial charge on any atom is -0.480 e. The average molecular weight is 678 g/mol. The van der Waals surface area contributed by atoms with Gasteiger partial charge in [0, 0.05) is 54.4 Å². The van der Waals surface area contributed by atoms with Crippen LogP contribution < -0.4 is 14.8 Å². The minimum atomic E-state index is -0.702. The SMILES string of the molecule is COc1nc(-c2cccc(-c3cccc(-c4cnc(CN5CCC(C)(O)C5)c(OC)n4)c3Cl)c2Cl)cnc1CCC[C@@H]1CCC(=O)N1. The van der Waals surface area contributed by atoms with Crippen LogP contribution in [0, 0.1) is 0 Å².